The lowest BCUT2D eigenvalue weighted by Crippen LogP contribution is -2.52. The molecule has 0 aromatic carbocycles. The summed E-state index contributed by atoms with van der Waals surface area (Å²) < 4.78 is 0. The highest BCUT2D eigenvalue weighted by Crippen LogP contribution is 2.15. The molecule has 1 unspecified atom stereocenters. The average molecular weight is 302 g/mol. The van der Waals surface area contributed by atoms with Crippen LogP contribution in [-0.4, -0.2) is 61.0 Å². The summed E-state index contributed by atoms with van der Waals surface area (Å²) in [4.78, 5) is 16.7. The zero-order valence-electron chi connectivity index (χ0n) is 10.9. The van der Waals surface area contributed by atoms with Gasteiger partial charge >= 0.3 is 0 Å². The van der Waals surface area contributed by atoms with Gasteiger partial charge in [0.2, 0.25) is 0 Å². The molecule has 0 saturated carbocycles. The zero-order chi connectivity index (χ0) is 12.4. The van der Waals surface area contributed by atoms with Gasteiger partial charge in [0.1, 0.15) is 0 Å². The molecule has 1 atom stereocenters. The standard InChI is InChI=1S/C13H19N3OS.ClH/c17-13(11-2-8-18-10-11)16-6-4-15(5-7-16)12-1-3-14-9-12;/h2,8,10,12,14H,1,3-7,9H2;1H. The number of carbonyl (C=O) groups is 1. The second kappa shape index (κ2) is 6.70. The molecule has 0 bridgehead atoms. The summed E-state index contributed by atoms with van der Waals surface area (Å²) in [6.45, 7) is 6.01. The third kappa shape index (κ3) is 3.28. The summed E-state index contributed by atoms with van der Waals surface area (Å²) >= 11 is 1.59. The Balaban J connectivity index is 0.00000133. The van der Waals surface area contributed by atoms with E-state index < -0.39 is 0 Å². The van der Waals surface area contributed by atoms with Gasteiger partial charge in [0.15, 0.2) is 0 Å². The molecule has 1 amide bonds. The zero-order valence-corrected chi connectivity index (χ0v) is 12.5. The van der Waals surface area contributed by atoms with E-state index >= 15 is 0 Å². The minimum Gasteiger partial charge on any atom is -0.336 e. The van der Waals surface area contributed by atoms with E-state index in [0.717, 1.165) is 44.8 Å². The van der Waals surface area contributed by atoms with Crippen molar-refractivity contribution in [2.45, 2.75) is 12.5 Å². The van der Waals surface area contributed by atoms with Crippen molar-refractivity contribution in [2.75, 3.05) is 39.3 Å². The van der Waals surface area contributed by atoms with Crippen LogP contribution in [0, 0.1) is 0 Å². The molecule has 2 fully saturated rings. The van der Waals surface area contributed by atoms with E-state index in [0.29, 0.717) is 6.04 Å². The normalized spacial score (nSPS) is 24.2. The van der Waals surface area contributed by atoms with Gasteiger partial charge in [0.05, 0.1) is 5.56 Å². The van der Waals surface area contributed by atoms with Gasteiger partial charge in [0.25, 0.3) is 5.91 Å². The van der Waals surface area contributed by atoms with Crippen LogP contribution in [0.4, 0.5) is 0 Å². The van der Waals surface area contributed by atoms with Crippen molar-refractivity contribution in [2.24, 2.45) is 0 Å². The highest BCUT2D eigenvalue weighted by atomic mass is 35.5. The van der Waals surface area contributed by atoms with Crippen molar-refractivity contribution in [3.8, 4) is 0 Å². The Hall–Kier alpha value is -0.620. The smallest absolute Gasteiger partial charge is 0.254 e. The van der Waals surface area contributed by atoms with Crippen molar-refractivity contribution >= 4 is 29.7 Å². The molecule has 0 aliphatic carbocycles. The highest BCUT2D eigenvalue weighted by Gasteiger charge is 2.28. The van der Waals surface area contributed by atoms with Gasteiger partial charge in [-0.05, 0) is 24.4 Å². The topological polar surface area (TPSA) is 35.6 Å². The van der Waals surface area contributed by atoms with E-state index in [1.54, 1.807) is 11.3 Å². The second-order valence-electron chi connectivity index (χ2n) is 4.99. The predicted molar refractivity (Wildman–Crippen MR) is 80.3 cm³/mol. The first-order valence-corrected chi connectivity index (χ1v) is 7.55. The Labute approximate surface area is 124 Å². The Kier molecular flexibility index (Phi) is 5.21. The maximum atomic E-state index is 12.2. The maximum absolute atomic E-state index is 12.2. The first kappa shape index (κ1) is 14.8. The van der Waals surface area contributed by atoms with Gasteiger partial charge in [-0.15, -0.1) is 12.4 Å². The summed E-state index contributed by atoms with van der Waals surface area (Å²) in [5.74, 6) is 0.195. The van der Waals surface area contributed by atoms with Gasteiger partial charge in [0, 0.05) is 44.1 Å². The number of rotatable bonds is 2. The van der Waals surface area contributed by atoms with Crippen LogP contribution >= 0.6 is 23.7 Å². The predicted octanol–water partition coefficient (Wildman–Crippen LogP) is 1.29. The molecule has 106 valence electrons. The SMILES string of the molecule is Cl.O=C(c1ccsc1)N1CCN(C2CCNC2)CC1. The van der Waals surface area contributed by atoms with E-state index in [1.807, 2.05) is 21.7 Å². The van der Waals surface area contributed by atoms with Crippen LogP contribution in [0.3, 0.4) is 0 Å². The number of hydrogen-bond donors (Lipinski definition) is 1. The first-order chi connectivity index (χ1) is 8.84. The molecule has 2 aliphatic rings. The molecule has 3 heterocycles. The molecule has 2 saturated heterocycles. The maximum Gasteiger partial charge on any atom is 0.254 e. The molecule has 4 nitrogen and oxygen atoms in total. The van der Waals surface area contributed by atoms with E-state index in [2.05, 4.69) is 10.2 Å². The monoisotopic (exact) mass is 301 g/mol. The number of halogens is 1. The van der Waals surface area contributed by atoms with E-state index in [9.17, 15) is 4.79 Å². The number of amides is 1. The minimum atomic E-state index is 0. The third-order valence-electron chi connectivity index (χ3n) is 3.92. The molecule has 0 spiro atoms. The fraction of sp³-hybridized carbons (Fsp3) is 0.615. The van der Waals surface area contributed by atoms with Gasteiger partial charge in [-0.25, -0.2) is 0 Å². The molecule has 0 radical (unpaired) electrons. The number of piperazine rings is 1. The Morgan fingerprint density at radius 1 is 1.32 bits per heavy atom. The van der Waals surface area contributed by atoms with Crippen LogP contribution in [0.2, 0.25) is 0 Å². The van der Waals surface area contributed by atoms with Crippen LogP contribution in [0.5, 0.6) is 0 Å². The van der Waals surface area contributed by atoms with E-state index in [-0.39, 0.29) is 18.3 Å². The second-order valence-corrected chi connectivity index (χ2v) is 5.77. The average Bonchev–Trinajstić information content (AvgIpc) is 3.11. The minimum absolute atomic E-state index is 0. The van der Waals surface area contributed by atoms with Crippen LogP contribution in [0.25, 0.3) is 0 Å². The summed E-state index contributed by atoms with van der Waals surface area (Å²) in [6.07, 6.45) is 1.25. The molecule has 3 rings (SSSR count). The van der Waals surface area contributed by atoms with Crippen molar-refractivity contribution in [3.63, 3.8) is 0 Å². The highest BCUT2D eigenvalue weighted by molar-refractivity contribution is 7.08. The van der Waals surface area contributed by atoms with E-state index in [1.165, 1.54) is 6.42 Å². The largest absolute Gasteiger partial charge is 0.336 e. The van der Waals surface area contributed by atoms with Crippen molar-refractivity contribution in [3.05, 3.63) is 22.4 Å². The molecule has 1 aromatic heterocycles. The number of hydrogen-bond acceptors (Lipinski definition) is 4. The summed E-state index contributed by atoms with van der Waals surface area (Å²) in [5.41, 5.74) is 0.844. The molecular weight excluding hydrogens is 282 g/mol. The third-order valence-corrected chi connectivity index (χ3v) is 4.60. The van der Waals surface area contributed by atoms with Crippen molar-refractivity contribution in [1.29, 1.82) is 0 Å². The van der Waals surface area contributed by atoms with Gasteiger partial charge in [-0.3, -0.25) is 9.69 Å². The molecular formula is C13H20ClN3OS. The quantitative estimate of drug-likeness (QED) is 0.894. The van der Waals surface area contributed by atoms with E-state index in [4.69, 9.17) is 0 Å². The number of thiophene rings is 1. The molecule has 6 heteroatoms. The summed E-state index contributed by atoms with van der Waals surface area (Å²) in [6, 6.07) is 2.60. The van der Waals surface area contributed by atoms with Crippen LogP contribution in [0.1, 0.15) is 16.8 Å². The molecule has 19 heavy (non-hydrogen) atoms. The van der Waals surface area contributed by atoms with Crippen LogP contribution in [-0.2, 0) is 0 Å². The molecule has 1 aromatic rings. The first-order valence-electron chi connectivity index (χ1n) is 6.61. The lowest BCUT2D eigenvalue weighted by molar-refractivity contribution is 0.0584. The van der Waals surface area contributed by atoms with Gasteiger partial charge in [-0.1, -0.05) is 0 Å². The molecule has 1 N–H and O–H groups in total. The van der Waals surface area contributed by atoms with Gasteiger partial charge in [-0.2, -0.15) is 11.3 Å². The van der Waals surface area contributed by atoms with Crippen LogP contribution < -0.4 is 5.32 Å². The lowest BCUT2D eigenvalue weighted by atomic mass is 10.2. The Morgan fingerprint density at radius 3 is 2.68 bits per heavy atom. The number of carbonyl (C=O) groups excluding carboxylic acids is 1. The summed E-state index contributed by atoms with van der Waals surface area (Å²) in [5, 5.41) is 7.31. The van der Waals surface area contributed by atoms with Crippen LogP contribution in [0.15, 0.2) is 16.8 Å². The Morgan fingerprint density at radius 2 is 2.11 bits per heavy atom. The number of nitrogens with zero attached hydrogens (tertiary/aromatic N) is 2. The fourth-order valence-electron chi connectivity index (χ4n) is 2.81. The Bertz CT molecular complexity index is 398. The summed E-state index contributed by atoms with van der Waals surface area (Å²) in [7, 11) is 0. The van der Waals surface area contributed by atoms with Crippen molar-refractivity contribution in [1.82, 2.24) is 15.1 Å². The number of nitrogens with one attached hydrogen (secondary N) is 1. The molecule has 2 aliphatic heterocycles. The van der Waals surface area contributed by atoms with Crippen molar-refractivity contribution < 1.29 is 4.79 Å². The lowest BCUT2D eigenvalue weighted by Gasteiger charge is -2.37. The fourth-order valence-corrected chi connectivity index (χ4v) is 3.44. The van der Waals surface area contributed by atoms with Gasteiger partial charge < -0.3 is 10.2 Å².